The summed E-state index contributed by atoms with van der Waals surface area (Å²) in [6.07, 6.45) is 0.686. The van der Waals surface area contributed by atoms with Crippen LogP contribution >= 0.6 is 15.9 Å². The highest BCUT2D eigenvalue weighted by atomic mass is 79.9. The Morgan fingerprint density at radius 3 is 2.18 bits per heavy atom. The van der Waals surface area contributed by atoms with Crippen LogP contribution < -0.4 is 9.62 Å². The van der Waals surface area contributed by atoms with Crippen molar-refractivity contribution in [3.05, 3.63) is 94.2 Å². The minimum Gasteiger partial charge on any atom is -0.352 e. The molecular formula is C29H33BrFN3O4S. The van der Waals surface area contributed by atoms with Gasteiger partial charge in [0, 0.05) is 22.6 Å². The zero-order valence-electron chi connectivity index (χ0n) is 22.4. The first-order chi connectivity index (χ1) is 18.4. The molecule has 2 atom stereocenters. The van der Waals surface area contributed by atoms with E-state index in [1.54, 1.807) is 49.4 Å². The van der Waals surface area contributed by atoms with Gasteiger partial charge in [-0.25, -0.2) is 12.8 Å². The number of carbonyl (C=O) groups excluding carboxylic acids is 2. The summed E-state index contributed by atoms with van der Waals surface area (Å²) < 4.78 is 43.9. The third-order valence-corrected chi connectivity index (χ3v) is 8.79. The molecule has 3 rings (SSSR count). The Labute approximate surface area is 238 Å². The predicted octanol–water partition coefficient (Wildman–Crippen LogP) is 5.42. The fourth-order valence-corrected chi connectivity index (χ4v) is 5.51. The lowest BCUT2D eigenvalue weighted by Crippen LogP contribution is -2.52. The molecule has 39 heavy (non-hydrogen) atoms. The summed E-state index contributed by atoms with van der Waals surface area (Å²) in [4.78, 5) is 28.1. The van der Waals surface area contributed by atoms with Crippen LogP contribution in [-0.4, -0.2) is 43.8 Å². The molecule has 7 nitrogen and oxygen atoms in total. The standard InChI is InChI=1S/C29H33BrFN3O4S/c1-5-21(3)32-29(36)22(4)33(18-23-8-6-7-9-27(23)31)28(35)19-34(25-14-12-24(30)13-15-25)39(37,38)26-16-10-20(2)11-17-26/h6-17,21-22H,5,18-19H2,1-4H3,(H,32,36)/t21-,22-/m1/s1. The van der Waals surface area contributed by atoms with Gasteiger partial charge in [-0.15, -0.1) is 0 Å². The van der Waals surface area contributed by atoms with E-state index in [2.05, 4.69) is 21.2 Å². The van der Waals surface area contributed by atoms with Crippen molar-refractivity contribution in [3.63, 3.8) is 0 Å². The molecule has 208 valence electrons. The highest BCUT2D eigenvalue weighted by molar-refractivity contribution is 9.10. The van der Waals surface area contributed by atoms with Crippen LogP contribution in [0.5, 0.6) is 0 Å². The monoisotopic (exact) mass is 617 g/mol. The molecule has 0 aliphatic carbocycles. The Hall–Kier alpha value is -3.24. The van der Waals surface area contributed by atoms with Crippen molar-refractivity contribution >= 4 is 43.5 Å². The Kier molecular flexibility index (Phi) is 10.3. The number of hydrogen-bond acceptors (Lipinski definition) is 4. The summed E-state index contributed by atoms with van der Waals surface area (Å²) in [5.74, 6) is -1.59. The maximum absolute atomic E-state index is 14.6. The average Bonchev–Trinajstić information content (AvgIpc) is 2.91. The fourth-order valence-electron chi connectivity index (χ4n) is 3.83. The molecule has 0 unspecified atom stereocenters. The lowest BCUT2D eigenvalue weighted by molar-refractivity contribution is -0.139. The largest absolute Gasteiger partial charge is 0.352 e. The molecule has 0 saturated carbocycles. The van der Waals surface area contributed by atoms with E-state index in [4.69, 9.17) is 0 Å². The molecule has 0 aliphatic heterocycles. The van der Waals surface area contributed by atoms with Gasteiger partial charge < -0.3 is 10.2 Å². The van der Waals surface area contributed by atoms with Crippen LogP contribution in [0.25, 0.3) is 0 Å². The predicted molar refractivity (Wildman–Crippen MR) is 154 cm³/mol. The quantitative estimate of drug-likeness (QED) is 0.311. The zero-order valence-corrected chi connectivity index (χ0v) is 24.8. The van der Waals surface area contributed by atoms with E-state index in [-0.39, 0.29) is 28.7 Å². The van der Waals surface area contributed by atoms with Gasteiger partial charge in [0.15, 0.2) is 0 Å². The van der Waals surface area contributed by atoms with E-state index in [1.165, 1.54) is 35.2 Å². The first kappa shape index (κ1) is 30.3. The first-order valence-corrected chi connectivity index (χ1v) is 14.9. The number of anilines is 1. The van der Waals surface area contributed by atoms with Crippen LogP contribution in [0.2, 0.25) is 0 Å². The number of hydrogen-bond donors (Lipinski definition) is 1. The van der Waals surface area contributed by atoms with E-state index in [0.717, 1.165) is 14.3 Å². The third-order valence-electron chi connectivity index (χ3n) is 6.47. The van der Waals surface area contributed by atoms with E-state index in [1.807, 2.05) is 20.8 Å². The van der Waals surface area contributed by atoms with Gasteiger partial charge in [0.05, 0.1) is 10.6 Å². The Morgan fingerprint density at radius 1 is 0.974 bits per heavy atom. The number of nitrogens with zero attached hydrogens (tertiary/aromatic N) is 2. The smallest absolute Gasteiger partial charge is 0.264 e. The van der Waals surface area contributed by atoms with Crippen LogP contribution in [0.1, 0.15) is 38.3 Å². The molecule has 0 aromatic heterocycles. The molecule has 0 fully saturated rings. The summed E-state index contributed by atoms with van der Waals surface area (Å²) in [6.45, 7) is 6.36. The number of aryl methyl sites for hydroxylation is 1. The molecule has 2 amide bonds. The Bertz CT molecular complexity index is 1400. The molecule has 10 heteroatoms. The van der Waals surface area contributed by atoms with Gasteiger partial charge in [-0.05, 0) is 69.7 Å². The number of carbonyl (C=O) groups is 2. The van der Waals surface area contributed by atoms with Gasteiger partial charge in [-0.2, -0.15) is 0 Å². The van der Waals surface area contributed by atoms with Crippen LogP contribution in [0.15, 0.2) is 82.2 Å². The molecule has 0 spiro atoms. The number of rotatable bonds is 11. The lowest BCUT2D eigenvalue weighted by Gasteiger charge is -2.32. The van der Waals surface area contributed by atoms with Gasteiger partial charge in [0.1, 0.15) is 18.4 Å². The number of sulfonamides is 1. The number of nitrogens with one attached hydrogen (secondary N) is 1. The average molecular weight is 619 g/mol. The maximum Gasteiger partial charge on any atom is 0.264 e. The molecule has 0 bridgehead atoms. The van der Waals surface area contributed by atoms with Gasteiger partial charge >= 0.3 is 0 Å². The highest BCUT2D eigenvalue weighted by Gasteiger charge is 2.33. The van der Waals surface area contributed by atoms with Crippen LogP contribution in [0.4, 0.5) is 10.1 Å². The molecule has 1 N–H and O–H groups in total. The normalized spacial score (nSPS) is 12.9. The topological polar surface area (TPSA) is 86.8 Å². The Balaban J connectivity index is 2.03. The fraction of sp³-hybridized carbons (Fsp3) is 0.310. The summed E-state index contributed by atoms with van der Waals surface area (Å²) in [7, 11) is -4.17. The first-order valence-electron chi connectivity index (χ1n) is 12.6. The number of benzene rings is 3. The van der Waals surface area contributed by atoms with Crippen molar-refractivity contribution in [2.45, 2.75) is 57.6 Å². The van der Waals surface area contributed by atoms with E-state index < -0.39 is 40.2 Å². The second kappa shape index (κ2) is 13.2. The van der Waals surface area contributed by atoms with Gasteiger partial charge in [-0.1, -0.05) is 58.7 Å². The minimum absolute atomic E-state index is 0.0204. The second-order valence-corrected chi connectivity index (χ2v) is 12.2. The van der Waals surface area contributed by atoms with Gasteiger partial charge in [-0.3, -0.25) is 13.9 Å². The number of amides is 2. The molecular weight excluding hydrogens is 585 g/mol. The summed E-state index contributed by atoms with van der Waals surface area (Å²) >= 11 is 3.35. The SMILES string of the molecule is CC[C@@H](C)NC(=O)[C@@H](C)N(Cc1ccccc1F)C(=O)CN(c1ccc(Br)cc1)S(=O)(=O)c1ccc(C)cc1. The van der Waals surface area contributed by atoms with Crippen molar-refractivity contribution in [1.82, 2.24) is 10.2 Å². The molecule has 0 radical (unpaired) electrons. The van der Waals surface area contributed by atoms with Crippen molar-refractivity contribution < 1.29 is 22.4 Å². The molecule has 3 aromatic rings. The van der Waals surface area contributed by atoms with Crippen LogP contribution in [-0.2, 0) is 26.2 Å². The van der Waals surface area contributed by atoms with Crippen molar-refractivity contribution in [2.75, 3.05) is 10.8 Å². The number of halogens is 2. The minimum atomic E-state index is -4.17. The van der Waals surface area contributed by atoms with E-state index in [9.17, 15) is 22.4 Å². The van der Waals surface area contributed by atoms with E-state index >= 15 is 0 Å². The zero-order chi connectivity index (χ0) is 28.7. The molecule has 3 aromatic carbocycles. The van der Waals surface area contributed by atoms with Crippen molar-refractivity contribution in [1.29, 1.82) is 0 Å². The second-order valence-electron chi connectivity index (χ2n) is 9.41. The molecule has 0 heterocycles. The summed E-state index contributed by atoms with van der Waals surface area (Å²) in [5, 5.41) is 2.85. The summed E-state index contributed by atoms with van der Waals surface area (Å²) in [5.41, 5.74) is 1.37. The third kappa shape index (κ3) is 7.67. The van der Waals surface area contributed by atoms with Crippen molar-refractivity contribution in [2.24, 2.45) is 0 Å². The van der Waals surface area contributed by atoms with E-state index in [0.29, 0.717) is 6.42 Å². The molecule has 0 aliphatic rings. The van der Waals surface area contributed by atoms with Gasteiger partial charge in [0.2, 0.25) is 11.8 Å². The summed E-state index contributed by atoms with van der Waals surface area (Å²) in [6, 6.07) is 17.7. The van der Waals surface area contributed by atoms with Crippen LogP contribution in [0, 0.1) is 12.7 Å². The highest BCUT2D eigenvalue weighted by Crippen LogP contribution is 2.26. The maximum atomic E-state index is 14.6. The molecule has 0 saturated heterocycles. The van der Waals surface area contributed by atoms with Gasteiger partial charge in [0.25, 0.3) is 10.0 Å². The van der Waals surface area contributed by atoms with Crippen LogP contribution in [0.3, 0.4) is 0 Å². The Morgan fingerprint density at radius 2 is 1.59 bits per heavy atom. The lowest BCUT2D eigenvalue weighted by atomic mass is 10.1. The van der Waals surface area contributed by atoms with Crippen molar-refractivity contribution in [3.8, 4) is 0 Å².